The van der Waals surface area contributed by atoms with Crippen LogP contribution >= 0.6 is 12.2 Å². The number of rotatable bonds is 3. The summed E-state index contributed by atoms with van der Waals surface area (Å²) in [5, 5.41) is 13.5. The molecule has 0 spiro atoms. The largest absolute Gasteiger partial charge is 0.344 e. The predicted molar refractivity (Wildman–Crippen MR) is 72.9 cm³/mol. The van der Waals surface area contributed by atoms with Gasteiger partial charge >= 0.3 is 0 Å². The summed E-state index contributed by atoms with van der Waals surface area (Å²) in [6.45, 7) is 4.35. The van der Waals surface area contributed by atoms with E-state index in [0.29, 0.717) is 23.4 Å². The van der Waals surface area contributed by atoms with Crippen LogP contribution in [0.3, 0.4) is 0 Å². The molecule has 0 aliphatic rings. The molecule has 2 aromatic rings. The lowest BCUT2D eigenvalue weighted by atomic mass is 10.0. The van der Waals surface area contributed by atoms with Crippen LogP contribution in [0.2, 0.25) is 0 Å². The Kier molecular flexibility index (Phi) is 3.95. The van der Waals surface area contributed by atoms with E-state index in [0.717, 1.165) is 0 Å². The van der Waals surface area contributed by atoms with E-state index in [1.54, 1.807) is 17.8 Å². The van der Waals surface area contributed by atoms with E-state index in [1.165, 1.54) is 6.07 Å². The fourth-order valence-corrected chi connectivity index (χ4v) is 2.24. The Hall–Kier alpha value is -2.07. The maximum atomic E-state index is 12.9. The molecule has 0 fully saturated rings. The number of nitriles is 1. The highest BCUT2D eigenvalue weighted by molar-refractivity contribution is 7.71. The van der Waals surface area contributed by atoms with Crippen molar-refractivity contribution in [1.29, 1.82) is 5.26 Å². The first kappa shape index (κ1) is 14.3. The van der Waals surface area contributed by atoms with Gasteiger partial charge in [0, 0.05) is 23.9 Å². The smallest absolute Gasteiger partial charge is 0.278 e. The van der Waals surface area contributed by atoms with Crippen LogP contribution in [-0.4, -0.2) is 14.8 Å². The summed E-state index contributed by atoms with van der Waals surface area (Å²) in [5.74, 6) is 0. The lowest BCUT2D eigenvalue weighted by molar-refractivity contribution is 0.146. The van der Waals surface area contributed by atoms with Crippen LogP contribution in [0.15, 0.2) is 12.3 Å². The molecule has 7 heteroatoms. The van der Waals surface area contributed by atoms with Gasteiger partial charge in [-0.2, -0.15) is 10.4 Å². The van der Waals surface area contributed by atoms with E-state index < -0.39 is 6.43 Å². The van der Waals surface area contributed by atoms with Crippen molar-refractivity contribution >= 4 is 12.2 Å². The molecule has 20 heavy (non-hydrogen) atoms. The Balaban J connectivity index is 2.74. The van der Waals surface area contributed by atoms with Crippen LogP contribution in [0.5, 0.6) is 0 Å². The van der Waals surface area contributed by atoms with Crippen molar-refractivity contribution in [2.75, 3.05) is 0 Å². The maximum absolute atomic E-state index is 12.9. The van der Waals surface area contributed by atoms with Crippen molar-refractivity contribution in [3.63, 3.8) is 0 Å². The minimum atomic E-state index is -2.68. The van der Waals surface area contributed by atoms with Crippen molar-refractivity contribution in [3.8, 4) is 17.2 Å². The van der Waals surface area contributed by atoms with Crippen LogP contribution in [0.1, 0.15) is 30.3 Å². The maximum Gasteiger partial charge on any atom is 0.278 e. The molecule has 0 radical (unpaired) electrons. The number of aryl methyl sites for hydroxylation is 2. The van der Waals surface area contributed by atoms with Gasteiger partial charge < -0.3 is 4.98 Å². The second-order valence-electron chi connectivity index (χ2n) is 4.24. The van der Waals surface area contributed by atoms with E-state index in [9.17, 15) is 14.0 Å². The highest BCUT2D eigenvalue weighted by Crippen LogP contribution is 2.29. The van der Waals surface area contributed by atoms with E-state index in [4.69, 9.17) is 12.2 Å². The summed E-state index contributed by atoms with van der Waals surface area (Å²) < 4.78 is 27.4. The van der Waals surface area contributed by atoms with E-state index >= 15 is 0 Å². The fourth-order valence-electron chi connectivity index (χ4n) is 1.96. The Morgan fingerprint density at radius 1 is 1.50 bits per heavy atom. The van der Waals surface area contributed by atoms with Gasteiger partial charge in [-0.1, -0.05) is 12.2 Å². The monoisotopic (exact) mass is 294 g/mol. The third kappa shape index (κ3) is 2.47. The average Bonchev–Trinajstić information content (AvgIpc) is 2.78. The molecule has 2 heterocycles. The standard InChI is InChI=1S/C13H12F2N4S/c1-3-19-6-10(7(2)18-19)8-4-11(12(14)15)17-13(20)9(8)5-16/h4,6,12H,3H2,1-2H3,(H,17,20). The van der Waals surface area contributed by atoms with Gasteiger partial charge in [-0.25, -0.2) is 8.78 Å². The first-order valence-electron chi connectivity index (χ1n) is 5.97. The zero-order valence-electron chi connectivity index (χ0n) is 10.9. The molecule has 1 N–H and O–H groups in total. The number of H-pyrrole nitrogens is 1. The molecule has 2 aromatic heterocycles. The van der Waals surface area contributed by atoms with E-state index in [2.05, 4.69) is 10.1 Å². The number of halogens is 2. The molecule has 4 nitrogen and oxygen atoms in total. The highest BCUT2D eigenvalue weighted by Gasteiger charge is 2.17. The zero-order chi connectivity index (χ0) is 14.9. The van der Waals surface area contributed by atoms with Gasteiger partial charge in [0.25, 0.3) is 6.43 Å². The number of nitrogens with one attached hydrogen (secondary N) is 1. The molecular weight excluding hydrogens is 282 g/mol. The predicted octanol–water partition coefficient (Wildman–Crippen LogP) is 3.75. The quantitative estimate of drug-likeness (QED) is 0.877. The molecule has 0 amide bonds. The van der Waals surface area contributed by atoms with Crippen molar-refractivity contribution in [2.24, 2.45) is 0 Å². The third-order valence-corrected chi connectivity index (χ3v) is 3.27. The summed E-state index contributed by atoms with van der Waals surface area (Å²) >= 11 is 4.99. The number of hydrogen-bond donors (Lipinski definition) is 1. The summed E-state index contributed by atoms with van der Waals surface area (Å²) in [6, 6.07) is 3.23. The molecule has 0 aromatic carbocycles. The number of pyridine rings is 1. The van der Waals surface area contributed by atoms with Crippen molar-refractivity contribution in [3.05, 3.63) is 33.9 Å². The van der Waals surface area contributed by atoms with Gasteiger partial charge in [0.15, 0.2) is 0 Å². The summed E-state index contributed by atoms with van der Waals surface area (Å²) in [7, 11) is 0. The topological polar surface area (TPSA) is 57.4 Å². The Labute approximate surface area is 119 Å². The lowest BCUT2D eigenvalue weighted by Gasteiger charge is -2.07. The van der Waals surface area contributed by atoms with Gasteiger partial charge in [0.2, 0.25) is 0 Å². The molecule has 0 saturated carbocycles. The van der Waals surface area contributed by atoms with E-state index in [-0.39, 0.29) is 15.9 Å². The van der Waals surface area contributed by atoms with Gasteiger partial charge in [-0.15, -0.1) is 0 Å². The molecule has 0 aliphatic carbocycles. The molecule has 0 atom stereocenters. The van der Waals surface area contributed by atoms with Gasteiger partial charge in [0.1, 0.15) is 10.7 Å². The van der Waals surface area contributed by atoms with Gasteiger partial charge in [-0.3, -0.25) is 4.68 Å². The van der Waals surface area contributed by atoms with Crippen LogP contribution < -0.4 is 0 Å². The Morgan fingerprint density at radius 2 is 2.20 bits per heavy atom. The average molecular weight is 294 g/mol. The molecule has 0 unspecified atom stereocenters. The third-order valence-electron chi connectivity index (χ3n) is 2.96. The SMILES string of the molecule is CCn1cc(-c2cc(C(F)F)[nH]c(=S)c2C#N)c(C)n1. The highest BCUT2D eigenvalue weighted by atomic mass is 32.1. The number of hydrogen-bond acceptors (Lipinski definition) is 3. The molecule has 0 saturated heterocycles. The molecule has 104 valence electrons. The van der Waals surface area contributed by atoms with Gasteiger partial charge in [0.05, 0.1) is 17.0 Å². The molecule has 2 rings (SSSR count). The normalized spacial score (nSPS) is 10.8. The first-order chi connectivity index (χ1) is 9.47. The number of alkyl halides is 2. The van der Waals surface area contributed by atoms with Crippen molar-refractivity contribution < 1.29 is 8.78 Å². The summed E-state index contributed by atoms with van der Waals surface area (Å²) in [6.07, 6.45) is -0.945. The lowest BCUT2D eigenvalue weighted by Crippen LogP contribution is -1.96. The number of nitrogens with zero attached hydrogens (tertiary/aromatic N) is 3. The zero-order valence-corrected chi connectivity index (χ0v) is 11.8. The number of aromatic amines is 1. The second kappa shape index (κ2) is 5.51. The van der Waals surface area contributed by atoms with Crippen molar-refractivity contribution in [1.82, 2.24) is 14.8 Å². The number of aromatic nitrogens is 3. The fraction of sp³-hybridized carbons (Fsp3) is 0.308. The Bertz CT molecular complexity index is 740. The minimum absolute atomic E-state index is 0.0175. The molecular formula is C13H12F2N4S. The minimum Gasteiger partial charge on any atom is -0.344 e. The second-order valence-corrected chi connectivity index (χ2v) is 4.65. The first-order valence-corrected chi connectivity index (χ1v) is 6.38. The van der Waals surface area contributed by atoms with Crippen molar-refractivity contribution in [2.45, 2.75) is 26.8 Å². The summed E-state index contributed by atoms with van der Waals surface area (Å²) in [4.78, 5) is 2.39. The van der Waals surface area contributed by atoms with Crippen LogP contribution in [0.25, 0.3) is 11.1 Å². The van der Waals surface area contributed by atoms with Crippen LogP contribution in [0.4, 0.5) is 8.78 Å². The molecule has 0 bridgehead atoms. The molecule has 0 aliphatic heterocycles. The van der Waals surface area contributed by atoms with E-state index in [1.807, 2.05) is 13.0 Å². The summed E-state index contributed by atoms with van der Waals surface area (Å²) in [5.41, 5.74) is 1.59. The van der Waals surface area contributed by atoms with Crippen LogP contribution in [-0.2, 0) is 6.54 Å². The Morgan fingerprint density at radius 3 is 2.70 bits per heavy atom. The van der Waals surface area contributed by atoms with Crippen LogP contribution in [0, 0.1) is 22.9 Å². The van der Waals surface area contributed by atoms with Gasteiger partial charge in [-0.05, 0) is 19.9 Å².